The first-order valence-corrected chi connectivity index (χ1v) is 11.4. The van der Waals surface area contributed by atoms with E-state index < -0.39 is 10.0 Å². The van der Waals surface area contributed by atoms with Gasteiger partial charge < -0.3 is 5.32 Å². The zero-order valence-corrected chi connectivity index (χ0v) is 17.8. The minimum Gasteiger partial charge on any atom is -0.326 e. The van der Waals surface area contributed by atoms with Gasteiger partial charge >= 0.3 is 0 Å². The van der Waals surface area contributed by atoms with Crippen LogP contribution in [-0.4, -0.2) is 31.7 Å². The van der Waals surface area contributed by atoms with Crippen LogP contribution in [0, 0.1) is 12.8 Å². The summed E-state index contributed by atoms with van der Waals surface area (Å²) < 4.78 is 27.1. The number of halogens is 2. The number of hydrogen-bond acceptors (Lipinski definition) is 3. The number of carbonyl (C=O) groups is 1. The first-order chi connectivity index (χ1) is 13.3. The molecule has 3 rings (SSSR count). The van der Waals surface area contributed by atoms with Crippen molar-refractivity contribution in [1.29, 1.82) is 0 Å². The second kappa shape index (κ2) is 8.82. The Morgan fingerprint density at radius 1 is 1.18 bits per heavy atom. The van der Waals surface area contributed by atoms with E-state index in [-0.39, 0.29) is 24.1 Å². The fourth-order valence-electron chi connectivity index (χ4n) is 3.29. The van der Waals surface area contributed by atoms with Crippen LogP contribution in [-0.2, 0) is 20.6 Å². The molecule has 2 aromatic carbocycles. The summed E-state index contributed by atoms with van der Waals surface area (Å²) in [5.41, 5.74) is 2.29. The van der Waals surface area contributed by atoms with E-state index >= 15 is 0 Å². The van der Waals surface area contributed by atoms with Crippen LogP contribution in [0.5, 0.6) is 0 Å². The second-order valence-corrected chi connectivity index (χ2v) is 9.79. The molecular weight excluding hydrogens is 419 g/mol. The minimum atomic E-state index is -3.56. The number of sulfonamides is 1. The summed E-state index contributed by atoms with van der Waals surface area (Å²) in [4.78, 5) is 12.7. The first-order valence-electron chi connectivity index (χ1n) is 9.04. The molecule has 150 valence electrons. The van der Waals surface area contributed by atoms with Crippen LogP contribution in [0.2, 0.25) is 10.0 Å². The number of aryl methyl sites for hydroxylation is 1. The summed E-state index contributed by atoms with van der Waals surface area (Å²) in [7, 11) is -3.56. The molecular formula is C20H22Cl2N2O3S. The van der Waals surface area contributed by atoms with Crippen molar-refractivity contribution in [2.75, 3.05) is 18.4 Å². The highest BCUT2D eigenvalue weighted by atomic mass is 35.5. The number of rotatable bonds is 5. The van der Waals surface area contributed by atoms with Crippen LogP contribution in [0.25, 0.3) is 0 Å². The molecule has 0 unspecified atom stereocenters. The predicted octanol–water partition coefficient (Wildman–Crippen LogP) is 4.48. The van der Waals surface area contributed by atoms with Gasteiger partial charge in [-0.3, -0.25) is 4.79 Å². The number of nitrogens with zero attached hydrogens (tertiary/aromatic N) is 1. The molecule has 0 aliphatic carbocycles. The summed E-state index contributed by atoms with van der Waals surface area (Å²) in [6, 6.07) is 12.3. The number of benzene rings is 2. The van der Waals surface area contributed by atoms with E-state index in [1.807, 2.05) is 31.2 Å². The molecule has 1 N–H and O–H groups in total. The van der Waals surface area contributed by atoms with Crippen LogP contribution in [0.1, 0.15) is 24.0 Å². The number of hydrogen-bond donors (Lipinski definition) is 1. The molecule has 0 aromatic heterocycles. The molecule has 1 aliphatic rings. The average Bonchev–Trinajstić information content (AvgIpc) is 2.66. The van der Waals surface area contributed by atoms with Gasteiger partial charge in [0.05, 0.1) is 21.7 Å². The van der Waals surface area contributed by atoms with E-state index in [2.05, 4.69) is 5.32 Å². The van der Waals surface area contributed by atoms with Gasteiger partial charge in [-0.25, -0.2) is 12.7 Å². The van der Waals surface area contributed by atoms with Gasteiger partial charge in [-0.2, -0.15) is 0 Å². The number of piperidine rings is 1. The van der Waals surface area contributed by atoms with E-state index in [0.29, 0.717) is 35.0 Å². The van der Waals surface area contributed by atoms with Gasteiger partial charge in [-0.05, 0) is 49.1 Å². The number of nitrogens with one attached hydrogen (secondary N) is 1. The quantitative estimate of drug-likeness (QED) is 0.744. The highest BCUT2D eigenvalue weighted by Crippen LogP contribution is 2.26. The van der Waals surface area contributed by atoms with Gasteiger partial charge in [0.1, 0.15) is 0 Å². The van der Waals surface area contributed by atoms with E-state index in [4.69, 9.17) is 23.2 Å². The van der Waals surface area contributed by atoms with Crippen LogP contribution < -0.4 is 5.32 Å². The molecule has 1 heterocycles. The number of carbonyl (C=O) groups excluding carboxylic acids is 1. The Balaban J connectivity index is 1.68. The van der Waals surface area contributed by atoms with Crippen molar-refractivity contribution in [3.05, 3.63) is 63.6 Å². The van der Waals surface area contributed by atoms with Gasteiger partial charge in [0.25, 0.3) is 0 Å². The van der Waals surface area contributed by atoms with Gasteiger partial charge in [-0.1, -0.05) is 47.5 Å². The SMILES string of the molecule is Cc1ccccc1NC(=O)[C@H]1CCCN(S(=O)(=O)Cc2ccc(Cl)c(Cl)c2)C1. The Hall–Kier alpha value is -1.60. The molecule has 28 heavy (non-hydrogen) atoms. The maximum atomic E-state index is 12.8. The van der Waals surface area contributed by atoms with Crippen molar-refractivity contribution in [3.63, 3.8) is 0 Å². The number of para-hydroxylation sites is 1. The Morgan fingerprint density at radius 3 is 2.64 bits per heavy atom. The van der Waals surface area contributed by atoms with Gasteiger partial charge in [0, 0.05) is 18.8 Å². The van der Waals surface area contributed by atoms with Crippen molar-refractivity contribution < 1.29 is 13.2 Å². The Bertz CT molecular complexity index is 979. The van der Waals surface area contributed by atoms with E-state index in [0.717, 1.165) is 11.3 Å². The van der Waals surface area contributed by atoms with Gasteiger partial charge in [0.15, 0.2) is 0 Å². The summed E-state index contributed by atoms with van der Waals surface area (Å²) in [6.45, 7) is 2.52. The lowest BCUT2D eigenvalue weighted by Crippen LogP contribution is -2.44. The minimum absolute atomic E-state index is 0.149. The Kier molecular flexibility index (Phi) is 6.65. The zero-order chi connectivity index (χ0) is 20.3. The Morgan fingerprint density at radius 2 is 1.93 bits per heavy atom. The smallest absolute Gasteiger partial charge is 0.228 e. The molecule has 0 spiro atoms. The topological polar surface area (TPSA) is 66.5 Å². The van der Waals surface area contributed by atoms with Crippen LogP contribution in [0.4, 0.5) is 5.69 Å². The molecule has 8 heteroatoms. The normalized spacial score (nSPS) is 18.0. The van der Waals surface area contributed by atoms with Gasteiger partial charge in [0.2, 0.25) is 15.9 Å². The van der Waals surface area contributed by atoms with Crippen molar-refractivity contribution in [2.24, 2.45) is 5.92 Å². The predicted molar refractivity (Wildman–Crippen MR) is 113 cm³/mol. The summed E-state index contributed by atoms with van der Waals surface area (Å²) in [6.07, 6.45) is 1.31. The molecule has 1 saturated heterocycles. The maximum absolute atomic E-state index is 12.8. The fourth-order valence-corrected chi connectivity index (χ4v) is 5.21. The first kappa shape index (κ1) is 21.1. The largest absolute Gasteiger partial charge is 0.326 e. The van der Waals surface area contributed by atoms with Gasteiger partial charge in [-0.15, -0.1) is 0 Å². The van der Waals surface area contributed by atoms with Crippen molar-refractivity contribution in [3.8, 4) is 0 Å². The molecule has 2 aromatic rings. The van der Waals surface area contributed by atoms with E-state index in [9.17, 15) is 13.2 Å². The third-order valence-corrected chi connectivity index (χ3v) is 7.44. The maximum Gasteiger partial charge on any atom is 0.228 e. The molecule has 1 aliphatic heterocycles. The second-order valence-electron chi connectivity index (χ2n) is 7.01. The standard InChI is InChI=1S/C20H22Cl2N2O3S/c1-14-5-2-3-7-19(14)23-20(25)16-6-4-10-24(12-16)28(26,27)13-15-8-9-17(21)18(22)11-15/h2-3,5,7-9,11,16H,4,6,10,12-13H2,1H3,(H,23,25)/t16-/m0/s1. The zero-order valence-electron chi connectivity index (χ0n) is 15.5. The van der Waals surface area contributed by atoms with Crippen LogP contribution in [0.3, 0.4) is 0 Å². The van der Waals surface area contributed by atoms with Crippen molar-refractivity contribution >= 4 is 44.8 Å². The molecule has 0 radical (unpaired) electrons. The molecule has 0 saturated carbocycles. The monoisotopic (exact) mass is 440 g/mol. The lowest BCUT2D eigenvalue weighted by atomic mass is 9.98. The van der Waals surface area contributed by atoms with Crippen molar-refractivity contribution in [2.45, 2.75) is 25.5 Å². The van der Waals surface area contributed by atoms with E-state index in [1.54, 1.807) is 18.2 Å². The number of anilines is 1. The Labute approximate surface area is 175 Å². The molecule has 1 amide bonds. The summed E-state index contributed by atoms with van der Waals surface area (Å²) >= 11 is 11.9. The fraction of sp³-hybridized carbons (Fsp3) is 0.350. The lowest BCUT2D eigenvalue weighted by Gasteiger charge is -2.31. The third kappa shape index (κ3) is 5.06. The highest BCUT2D eigenvalue weighted by Gasteiger charge is 2.32. The van der Waals surface area contributed by atoms with E-state index in [1.165, 1.54) is 4.31 Å². The summed E-state index contributed by atoms with van der Waals surface area (Å²) in [5, 5.41) is 3.63. The van der Waals surface area contributed by atoms with Crippen molar-refractivity contribution in [1.82, 2.24) is 4.31 Å². The molecule has 1 atom stereocenters. The molecule has 5 nitrogen and oxygen atoms in total. The molecule has 1 fully saturated rings. The third-order valence-electron chi connectivity index (χ3n) is 4.88. The van der Waals surface area contributed by atoms with Crippen LogP contribution >= 0.6 is 23.2 Å². The molecule has 0 bridgehead atoms. The highest BCUT2D eigenvalue weighted by molar-refractivity contribution is 7.88. The van der Waals surface area contributed by atoms with Crippen LogP contribution in [0.15, 0.2) is 42.5 Å². The average molecular weight is 441 g/mol. The lowest BCUT2D eigenvalue weighted by molar-refractivity contribution is -0.120. The number of amides is 1. The summed E-state index contributed by atoms with van der Waals surface area (Å²) in [5.74, 6) is -0.698.